The van der Waals surface area contributed by atoms with Crippen LogP contribution in [0.15, 0.2) is 23.1 Å². The van der Waals surface area contributed by atoms with Crippen LogP contribution in [0.3, 0.4) is 0 Å². The summed E-state index contributed by atoms with van der Waals surface area (Å²) >= 11 is 11.4. The second-order valence-electron chi connectivity index (χ2n) is 2.40. The van der Waals surface area contributed by atoms with Crippen LogP contribution in [0.1, 0.15) is 0 Å². The molecular formula is C8H5ClOS2. The highest BCUT2D eigenvalue weighted by atomic mass is 35.5. The molecule has 0 aliphatic rings. The van der Waals surface area contributed by atoms with E-state index in [-0.39, 0.29) is 0 Å². The lowest BCUT2D eigenvalue weighted by Crippen LogP contribution is -1.68. The highest BCUT2D eigenvalue weighted by Crippen LogP contribution is 2.37. The summed E-state index contributed by atoms with van der Waals surface area (Å²) in [6.07, 6.45) is 0. The van der Waals surface area contributed by atoms with Crippen molar-refractivity contribution >= 4 is 45.7 Å². The Labute approximate surface area is 84.0 Å². The number of rotatable bonds is 0. The minimum Gasteiger partial charge on any atom is -0.499 e. The largest absolute Gasteiger partial charge is 0.499 e. The van der Waals surface area contributed by atoms with Crippen LogP contribution < -0.4 is 0 Å². The molecule has 2 rings (SSSR count). The van der Waals surface area contributed by atoms with Crippen molar-refractivity contribution in [1.82, 2.24) is 0 Å². The highest BCUT2D eigenvalue weighted by Gasteiger charge is 2.05. The Bertz CT molecular complexity index is 436. The van der Waals surface area contributed by atoms with Gasteiger partial charge in [0.2, 0.25) is 0 Å². The molecule has 62 valence electrons. The van der Waals surface area contributed by atoms with Crippen LogP contribution in [0.25, 0.3) is 10.1 Å². The third kappa shape index (κ3) is 1.18. The lowest BCUT2D eigenvalue weighted by atomic mass is 10.3. The molecule has 1 aromatic heterocycles. The summed E-state index contributed by atoms with van der Waals surface area (Å²) < 4.78 is 0.934. The van der Waals surface area contributed by atoms with Crippen molar-refractivity contribution < 1.29 is 5.11 Å². The highest BCUT2D eigenvalue weighted by molar-refractivity contribution is 7.81. The molecule has 0 saturated carbocycles. The molecule has 2 aromatic rings. The fraction of sp³-hybridized carbons (Fsp3) is 0. The van der Waals surface area contributed by atoms with Crippen molar-refractivity contribution in [2.45, 2.75) is 4.90 Å². The molecule has 0 amide bonds. The van der Waals surface area contributed by atoms with E-state index in [2.05, 4.69) is 12.6 Å². The summed E-state index contributed by atoms with van der Waals surface area (Å²) in [5.41, 5.74) is 0. The monoisotopic (exact) mass is 216 g/mol. The van der Waals surface area contributed by atoms with Gasteiger partial charge in [0, 0.05) is 4.90 Å². The molecule has 0 aliphatic carbocycles. The number of hydrogen-bond donors (Lipinski definition) is 2. The van der Waals surface area contributed by atoms with Crippen molar-refractivity contribution in [3.8, 4) is 5.06 Å². The first-order valence-corrected chi connectivity index (χ1v) is 4.92. The van der Waals surface area contributed by atoms with Gasteiger partial charge in [-0.05, 0) is 17.5 Å². The zero-order chi connectivity index (χ0) is 8.72. The second kappa shape index (κ2) is 2.83. The molecule has 4 heteroatoms. The Balaban J connectivity index is 2.89. The van der Waals surface area contributed by atoms with E-state index in [1.165, 1.54) is 11.3 Å². The van der Waals surface area contributed by atoms with Crippen LogP contribution in [0.4, 0.5) is 0 Å². The van der Waals surface area contributed by atoms with E-state index in [0.29, 0.717) is 10.1 Å². The van der Waals surface area contributed by atoms with Crippen molar-refractivity contribution in [2.24, 2.45) is 0 Å². The maximum absolute atomic E-state index is 9.21. The quantitative estimate of drug-likeness (QED) is 0.646. The maximum atomic E-state index is 9.21. The van der Waals surface area contributed by atoms with Gasteiger partial charge in [0.1, 0.15) is 0 Å². The van der Waals surface area contributed by atoms with Gasteiger partial charge in [0.15, 0.2) is 5.06 Å². The molecule has 12 heavy (non-hydrogen) atoms. The summed E-state index contributed by atoms with van der Waals surface area (Å²) in [4.78, 5) is 0.736. The topological polar surface area (TPSA) is 20.2 Å². The van der Waals surface area contributed by atoms with E-state index < -0.39 is 0 Å². The van der Waals surface area contributed by atoms with Gasteiger partial charge >= 0.3 is 0 Å². The van der Waals surface area contributed by atoms with Gasteiger partial charge in [-0.15, -0.1) is 12.6 Å². The average molecular weight is 217 g/mol. The molecule has 0 fully saturated rings. The first-order chi connectivity index (χ1) is 5.68. The molecule has 1 aromatic carbocycles. The van der Waals surface area contributed by atoms with Gasteiger partial charge in [-0.1, -0.05) is 29.0 Å². The van der Waals surface area contributed by atoms with Crippen molar-refractivity contribution in [3.05, 3.63) is 23.2 Å². The lowest BCUT2D eigenvalue weighted by Gasteiger charge is -1.95. The standard InChI is InChI=1S/C8H5ClOS2/c9-5-2-1-4-3-6(10)12-8(4)7(5)11/h1-3,10-11H. The van der Waals surface area contributed by atoms with Crippen molar-refractivity contribution in [1.29, 1.82) is 0 Å². The molecule has 0 unspecified atom stereocenters. The Kier molecular flexibility index (Phi) is 1.94. The van der Waals surface area contributed by atoms with Crippen molar-refractivity contribution in [3.63, 3.8) is 0 Å². The second-order valence-corrected chi connectivity index (χ2v) is 4.28. The normalized spacial score (nSPS) is 10.8. The van der Waals surface area contributed by atoms with Crippen molar-refractivity contribution in [2.75, 3.05) is 0 Å². The Morgan fingerprint density at radius 1 is 1.42 bits per heavy atom. The summed E-state index contributed by atoms with van der Waals surface area (Å²) in [5.74, 6) is 0. The zero-order valence-corrected chi connectivity index (χ0v) is 8.38. The molecule has 0 atom stereocenters. The number of aromatic hydroxyl groups is 1. The Morgan fingerprint density at radius 2 is 2.17 bits per heavy atom. The number of benzene rings is 1. The van der Waals surface area contributed by atoms with Crippen LogP contribution >= 0.6 is 35.6 Å². The molecule has 0 radical (unpaired) electrons. The molecule has 1 heterocycles. The molecule has 0 bridgehead atoms. The van der Waals surface area contributed by atoms with E-state index in [0.717, 1.165) is 15.0 Å². The van der Waals surface area contributed by atoms with E-state index >= 15 is 0 Å². The van der Waals surface area contributed by atoms with Gasteiger partial charge < -0.3 is 5.11 Å². The van der Waals surface area contributed by atoms with E-state index in [1.807, 2.05) is 6.07 Å². The summed E-state index contributed by atoms with van der Waals surface area (Å²) in [6, 6.07) is 5.35. The van der Waals surface area contributed by atoms with Gasteiger partial charge in [0.25, 0.3) is 0 Å². The van der Waals surface area contributed by atoms with Gasteiger partial charge in [-0.2, -0.15) is 0 Å². The molecular weight excluding hydrogens is 212 g/mol. The van der Waals surface area contributed by atoms with E-state index in [9.17, 15) is 5.11 Å². The number of thiophene rings is 1. The predicted octanol–water partition coefficient (Wildman–Crippen LogP) is 3.55. The molecule has 0 aliphatic heterocycles. The SMILES string of the molecule is Oc1cc2ccc(Cl)c(S)c2s1. The van der Waals surface area contributed by atoms with Gasteiger partial charge in [0.05, 0.1) is 9.72 Å². The number of halogens is 1. The smallest absolute Gasteiger partial charge is 0.172 e. The van der Waals surface area contributed by atoms with Crippen LogP contribution in [-0.4, -0.2) is 5.11 Å². The van der Waals surface area contributed by atoms with Crippen LogP contribution in [0.2, 0.25) is 5.02 Å². The fourth-order valence-corrected chi connectivity index (χ4v) is 2.45. The molecule has 0 spiro atoms. The first-order valence-electron chi connectivity index (χ1n) is 3.28. The minimum absolute atomic E-state index is 0.294. The van der Waals surface area contributed by atoms with Gasteiger partial charge in [-0.25, -0.2) is 0 Å². The third-order valence-electron chi connectivity index (χ3n) is 1.60. The minimum atomic E-state index is 0.294. The zero-order valence-electron chi connectivity index (χ0n) is 5.91. The number of hydrogen-bond acceptors (Lipinski definition) is 3. The molecule has 1 nitrogen and oxygen atoms in total. The maximum Gasteiger partial charge on any atom is 0.172 e. The van der Waals surface area contributed by atoms with Gasteiger partial charge in [-0.3, -0.25) is 0 Å². The van der Waals surface area contributed by atoms with Crippen LogP contribution in [-0.2, 0) is 0 Å². The summed E-state index contributed by atoms with van der Waals surface area (Å²) in [5, 5.41) is 11.1. The Morgan fingerprint density at radius 3 is 2.92 bits per heavy atom. The van der Waals surface area contributed by atoms with Crippen LogP contribution in [0.5, 0.6) is 5.06 Å². The van der Waals surface area contributed by atoms with E-state index in [4.69, 9.17) is 11.6 Å². The number of thiol groups is 1. The number of fused-ring (bicyclic) bond motifs is 1. The predicted molar refractivity (Wildman–Crippen MR) is 55.8 cm³/mol. The average Bonchev–Trinajstić information content (AvgIpc) is 2.39. The third-order valence-corrected chi connectivity index (χ3v) is 3.63. The van der Waals surface area contributed by atoms with E-state index in [1.54, 1.807) is 12.1 Å². The Hall–Kier alpha value is -0.380. The summed E-state index contributed by atoms with van der Waals surface area (Å²) in [7, 11) is 0. The fourth-order valence-electron chi connectivity index (χ4n) is 1.05. The van der Waals surface area contributed by atoms with Crippen LogP contribution in [0, 0.1) is 0 Å². The molecule has 0 saturated heterocycles. The lowest BCUT2D eigenvalue weighted by molar-refractivity contribution is 0.491. The molecule has 1 N–H and O–H groups in total. The first kappa shape index (κ1) is 8.23. The summed E-state index contributed by atoms with van der Waals surface area (Å²) in [6.45, 7) is 0.